The summed E-state index contributed by atoms with van der Waals surface area (Å²) in [7, 11) is 1.98. The first-order valence-corrected chi connectivity index (χ1v) is 8.16. The van der Waals surface area contributed by atoms with Crippen LogP contribution in [-0.4, -0.2) is 38.6 Å². The standard InChI is InChI=1S/C17H21N5O/c1-21-9-8-19-16(21)15(12-5-6-12)20-17(23)22-10-13(11-22)14-4-2-3-7-18-14/h2-4,7-9,12-13,15H,5-6,10-11H2,1H3,(H,20,23). The van der Waals surface area contributed by atoms with Crippen LogP contribution in [0, 0.1) is 5.92 Å². The van der Waals surface area contributed by atoms with Gasteiger partial charge in [-0.15, -0.1) is 0 Å². The molecule has 2 aliphatic rings. The van der Waals surface area contributed by atoms with Crippen LogP contribution in [0.1, 0.15) is 36.3 Å². The average molecular weight is 311 g/mol. The molecule has 6 heteroatoms. The zero-order valence-corrected chi connectivity index (χ0v) is 13.2. The van der Waals surface area contributed by atoms with Gasteiger partial charge < -0.3 is 14.8 Å². The van der Waals surface area contributed by atoms with E-state index in [-0.39, 0.29) is 12.1 Å². The molecule has 0 aromatic carbocycles. The van der Waals surface area contributed by atoms with Crippen LogP contribution < -0.4 is 5.32 Å². The van der Waals surface area contributed by atoms with Gasteiger partial charge in [0, 0.05) is 50.3 Å². The molecule has 2 aromatic heterocycles. The highest BCUT2D eigenvalue weighted by atomic mass is 16.2. The predicted molar refractivity (Wildman–Crippen MR) is 85.8 cm³/mol. The van der Waals surface area contributed by atoms with Crippen molar-refractivity contribution in [2.45, 2.75) is 24.8 Å². The van der Waals surface area contributed by atoms with Gasteiger partial charge in [-0.25, -0.2) is 9.78 Å². The topological polar surface area (TPSA) is 63.1 Å². The van der Waals surface area contributed by atoms with Crippen molar-refractivity contribution in [1.82, 2.24) is 24.8 Å². The zero-order chi connectivity index (χ0) is 15.8. The number of amides is 2. The molecule has 6 nitrogen and oxygen atoms in total. The minimum Gasteiger partial charge on any atom is -0.336 e. The van der Waals surface area contributed by atoms with E-state index in [1.54, 1.807) is 6.20 Å². The highest BCUT2D eigenvalue weighted by molar-refractivity contribution is 5.76. The molecule has 1 saturated heterocycles. The maximum atomic E-state index is 12.5. The van der Waals surface area contributed by atoms with Crippen LogP contribution in [0.2, 0.25) is 0 Å². The lowest BCUT2D eigenvalue weighted by molar-refractivity contribution is 0.145. The van der Waals surface area contributed by atoms with Crippen LogP contribution >= 0.6 is 0 Å². The van der Waals surface area contributed by atoms with Gasteiger partial charge in [0.05, 0.1) is 6.04 Å². The van der Waals surface area contributed by atoms with Crippen molar-refractivity contribution in [2.24, 2.45) is 13.0 Å². The molecule has 0 spiro atoms. The molecule has 1 unspecified atom stereocenters. The van der Waals surface area contributed by atoms with Gasteiger partial charge >= 0.3 is 6.03 Å². The van der Waals surface area contributed by atoms with Crippen molar-refractivity contribution in [1.29, 1.82) is 0 Å². The van der Waals surface area contributed by atoms with Crippen LogP contribution in [0.3, 0.4) is 0 Å². The Balaban J connectivity index is 1.38. The first-order chi connectivity index (χ1) is 11.2. The number of imidazole rings is 1. The van der Waals surface area contributed by atoms with Crippen molar-refractivity contribution in [2.75, 3.05) is 13.1 Å². The maximum absolute atomic E-state index is 12.5. The van der Waals surface area contributed by atoms with Crippen LogP contribution in [0.15, 0.2) is 36.8 Å². The van der Waals surface area contributed by atoms with E-state index in [1.165, 1.54) is 0 Å². The number of nitrogens with zero attached hydrogens (tertiary/aromatic N) is 4. The van der Waals surface area contributed by atoms with Crippen molar-refractivity contribution < 1.29 is 4.79 Å². The molecule has 0 radical (unpaired) electrons. The Hall–Kier alpha value is -2.37. The number of nitrogens with one attached hydrogen (secondary N) is 1. The molecule has 1 aliphatic carbocycles. The molecule has 23 heavy (non-hydrogen) atoms. The molecular weight excluding hydrogens is 290 g/mol. The molecule has 2 fully saturated rings. The fourth-order valence-electron chi connectivity index (χ4n) is 3.17. The summed E-state index contributed by atoms with van der Waals surface area (Å²) in [6, 6.07) is 5.98. The SMILES string of the molecule is Cn1ccnc1C(NC(=O)N1CC(c2ccccn2)C1)C1CC1. The van der Waals surface area contributed by atoms with E-state index in [1.807, 2.05) is 47.1 Å². The summed E-state index contributed by atoms with van der Waals surface area (Å²) >= 11 is 0. The predicted octanol–water partition coefficient (Wildman–Crippen LogP) is 2.08. The second kappa shape index (κ2) is 5.68. The molecule has 2 aromatic rings. The fourth-order valence-corrected chi connectivity index (χ4v) is 3.17. The van der Waals surface area contributed by atoms with Crippen LogP contribution in [0.4, 0.5) is 4.79 Å². The quantitative estimate of drug-likeness (QED) is 0.940. The van der Waals surface area contributed by atoms with E-state index < -0.39 is 0 Å². The number of carbonyl (C=O) groups excluding carboxylic acids is 1. The molecule has 0 bridgehead atoms. The number of hydrogen-bond acceptors (Lipinski definition) is 3. The van der Waals surface area contributed by atoms with Crippen molar-refractivity contribution in [3.63, 3.8) is 0 Å². The van der Waals surface area contributed by atoms with Crippen LogP contribution in [-0.2, 0) is 7.05 Å². The number of rotatable bonds is 4. The number of likely N-dealkylation sites (tertiary alicyclic amines) is 1. The molecule has 2 amide bonds. The number of carbonyl (C=O) groups is 1. The Morgan fingerprint density at radius 1 is 1.26 bits per heavy atom. The molecule has 4 rings (SSSR count). The third-order valence-electron chi connectivity index (χ3n) is 4.78. The summed E-state index contributed by atoms with van der Waals surface area (Å²) in [6.07, 6.45) is 7.85. The largest absolute Gasteiger partial charge is 0.336 e. The van der Waals surface area contributed by atoms with Crippen molar-refractivity contribution >= 4 is 6.03 Å². The molecule has 1 aliphatic heterocycles. The molecule has 1 N–H and O–H groups in total. The number of pyridine rings is 1. The van der Waals surface area contributed by atoms with Gasteiger partial charge in [0.1, 0.15) is 5.82 Å². The summed E-state index contributed by atoms with van der Waals surface area (Å²) in [5.74, 6) is 1.82. The maximum Gasteiger partial charge on any atom is 0.318 e. The van der Waals surface area contributed by atoms with E-state index in [2.05, 4.69) is 15.3 Å². The summed E-state index contributed by atoms with van der Waals surface area (Å²) in [4.78, 5) is 23.2. The molecule has 120 valence electrons. The summed E-state index contributed by atoms with van der Waals surface area (Å²) < 4.78 is 2.00. The normalized spacial score (nSPS) is 19.3. The highest BCUT2D eigenvalue weighted by Gasteiger charge is 2.39. The lowest BCUT2D eigenvalue weighted by atomic mass is 9.96. The number of urea groups is 1. The van der Waals surface area contributed by atoms with E-state index >= 15 is 0 Å². The molecular formula is C17H21N5O. The number of hydrogen-bond donors (Lipinski definition) is 1. The third kappa shape index (κ3) is 2.81. The van der Waals surface area contributed by atoms with E-state index in [0.717, 1.165) is 37.4 Å². The van der Waals surface area contributed by atoms with E-state index in [9.17, 15) is 4.79 Å². The Morgan fingerprint density at radius 3 is 2.70 bits per heavy atom. The summed E-state index contributed by atoms with van der Waals surface area (Å²) in [5, 5.41) is 3.18. The van der Waals surface area contributed by atoms with Crippen molar-refractivity contribution in [3.05, 3.63) is 48.3 Å². The fraction of sp³-hybridized carbons (Fsp3) is 0.471. The van der Waals surface area contributed by atoms with Gasteiger partial charge in [0.2, 0.25) is 0 Å². The molecule has 3 heterocycles. The third-order valence-corrected chi connectivity index (χ3v) is 4.78. The molecule has 1 saturated carbocycles. The summed E-state index contributed by atoms with van der Waals surface area (Å²) in [6.45, 7) is 1.47. The van der Waals surface area contributed by atoms with Gasteiger partial charge in [-0.3, -0.25) is 4.98 Å². The summed E-state index contributed by atoms with van der Waals surface area (Å²) in [5.41, 5.74) is 1.07. The first kappa shape index (κ1) is 14.2. The van der Waals surface area contributed by atoms with E-state index in [0.29, 0.717) is 11.8 Å². The lowest BCUT2D eigenvalue weighted by Crippen LogP contribution is -2.53. The van der Waals surface area contributed by atoms with Gasteiger partial charge in [-0.1, -0.05) is 6.07 Å². The second-order valence-electron chi connectivity index (χ2n) is 6.52. The van der Waals surface area contributed by atoms with Gasteiger partial charge in [-0.05, 0) is 30.9 Å². The Bertz CT molecular complexity index is 688. The van der Waals surface area contributed by atoms with Crippen molar-refractivity contribution in [3.8, 4) is 0 Å². The number of aromatic nitrogens is 3. The van der Waals surface area contributed by atoms with Crippen LogP contribution in [0.25, 0.3) is 0 Å². The zero-order valence-electron chi connectivity index (χ0n) is 13.2. The smallest absolute Gasteiger partial charge is 0.318 e. The van der Waals surface area contributed by atoms with Crippen LogP contribution in [0.5, 0.6) is 0 Å². The first-order valence-electron chi connectivity index (χ1n) is 8.16. The van der Waals surface area contributed by atoms with E-state index in [4.69, 9.17) is 0 Å². The second-order valence-corrected chi connectivity index (χ2v) is 6.52. The number of aryl methyl sites for hydroxylation is 1. The van der Waals surface area contributed by atoms with Gasteiger partial charge in [0.15, 0.2) is 0 Å². The molecule has 1 atom stereocenters. The Morgan fingerprint density at radius 2 is 2.09 bits per heavy atom. The minimum atomic E-state index is 0.0112. The Labute approximate surface area is 135 Å². The minimum absolute atomic E-state index is 0.0112. The van der Waals surface area contributed by atoms with Gasteiger partial charge in [-0.2, -0.15) is 0 Å². The van der Waals surface area contributed by atoms with Gasteiger partial charge in [0.25, 0.3) is 0 Å². The highest BCUT2D eigenvalue weighted by Crippen LogP contribution is 2.40. The lowest BCUT2D eigenvalue weighted by Gasteiger charge is -2.39. The Kier molecular flexibility index (Phi) is 3.52. The monoisotopic (exact) mass is 311 g/mol. The average Bonchev–Trinajstić information content (AvgIpc) is 3.26.